The van der Waals surface area contributed by atoms with Gasteiger partial charge >= 0.3 is 0 Å². The normalized spacial score (nSPS) is 11.8. The summed E-state index contributed by atoms with van der Waals surface area (Å²) in [6.07, 6.45) is 3.94. The van der Waals surface area contributed by atoms with E-state index in [1.807, 2.05) is 36.0 Å². The molecule has 52 heavy (non-hydrogen) atoms. The number of rotatable bonds is 7. The van der Waals surface area contributed by atoms with Gasteiger partial charge in [0, 0.05) is 51.1 Å². The molecule has 0 unspecified atom stereocenters. The Hall–Kier alpha value is -6.14. The van der Waals surface area contributed by atoms with E-state index in [2.05, 4.69) is 140 Å². The Labute approximate surface area is 303 Å². The zero-order valence-corrected chi connectivity index (χ0v) is 30.5. The highest BCUT2D eigenvalue weighted by Crippen LogP contribution is 2.41. The number of aryl methyl sites for hydroxylation is 5. The van der Waals surface area contributed by atoms with Gasteiger partial charge in [-0.05, 0) is 93.6 Å². The quantitative estimate of drug-likeness (QED) is 0.168. The minimum Gasteiger partial charge on any atom is -0.457 e. The lowest BCUT2D eigenvalue weighted by atomic mass is 10.1. The molecule has 256 valence electrons. The molecule has 4 heterocycles. The van der Waals surface area contributed by atoms with Crippen molar-refractivity contribution >= 4 is 43.6 Å². The van der Waals surface area contributed by atoms with Gasteiger partial charge in [0.05, 0.1) is 39.1 Å². The molecule has 0 radical (unpaired) electrons. The Morgan fingerprint density at radius 1 is 0.596 bits per heavy atom. The van der Waals surface area contributed by atoms with Crippen LogP contribution in [0, 0.1) is 27.7 Å². The molecule has 0 aliphatic heterocycles. The molecule has 9 aromatic rings. The van der Waals surface area contributed by atoms with E-state index < -0.39 is 0 Å². The number of ether oxygens (including phenoxy) is 1. The topological polar surface area (TPSA) is 49.8 Å². The molecule has 0 amide bonds. The van der Waals surface area contributed by atoms with Crippen molar-refractivity contribution in [3.05, 3.63) is 149 Å². The SMILES string of the molecule is CCc1cccc2c3cccc(CC)c3n(-c3c(C)cnc(-n4c5ccccc5c5ccc(Oc6cccc(-n7nc(C)cc7C)c6)cc54)c3C)c12. The molecule has 0 spiro atoms. The van der Waals surface area contributed by atoms with Gasteiger partial charge < -0.3 is 9.30 Å². The first-order chi connectivity index (χ1) is 25.4. The number of aromatic nitrogens is 5. The van der Waals surface area contributed by atoms with Gasteiger partial charge in [0.15, 0.2) is 0 Å². The highest BCUT2D eigenvalue weighted by atomic mass is 16.5. The van der Waals surface area contributed by atoms with Crippen molar-refractivity contribution in [2.45, 2.75) is 54.4 Å². The maximum absolute atomic E-state index is 6.58. The summed E-state index contributed by atoms with van der Waals surface area (Å²) >= 11 is 0. The summed E-state index contributed by atoms with van der Waals surface area (Å²) in [6, 6.07) is 38.7. The average molecular weight is 680 g/mol. The zero-order valence-electron chi connectivity index (χ0n) is 30.5. The predicted octanol–water partition coefficient (Wildman–Crippen LogP) is 11.6. The van der Waals surface area contributed by atoms with Gasteiger partial charge in [0.25, 0.3) is 0 Å². The molecule has 4 aromatic heterocycles. The number of para-hydroxylation sites is 3. The second kappa shape index (κ2) is 12.3. The third-order valence-electron chi connectivity index (χ3n) is 10.6. The zero-order chi connectivity index (χ0) is 35.7. The molecule has 6 heteroatoms. The Morgan fingerprint density at radius 2 is 1.25 bits per heavy atom. The van der Waals surface area contributed by atoms with E-state index in [0.717, 1.165) is 74.8 Å². The molecular weight excluding hydrogens is 639 g/mol. The summed E-state index contributed by atoms with van der Waals surface area (Å²) in [5, 5.41) is 9.60. The standard InChI is InChI=1S/C46H41N5O/c1-7-32-14-11-19-39-40-20-12-15-33(8-2)45(40)50(44(32)39)43-28(3)27-47-46(31(43)6)49-41-21-10-9-18-37(41)38-23-22-36(26-42(38)49)52-35-17-13-16-34(25-35)51-30(5)24-29(4)48-51/h9-27H,7-8H2,1-6H3. The lowest BCUT2D eigenvalue weighted by molar-refractivity contribution is 0.482. The smallest absolute Gasteiger partial charge is 0.142 e. The second-order valence-electron chi connectivity index (χ2n) is 13.9. The van der Waals surface area contributed by atoms with E-state index in [4.69, 9.17) is 9.72 Å². The Balaban J connectivity index is 1.26. The van der Waals surface area contributed by atoms with Gasteiger partial charge in [-0.3, -0.25) is 4.57 Å². The minimum absolute atomic E-state index is 0.754. The third kappa shape index (κ3) is 4.85. The Kier molecular flexibility index (Phi) is 7.51. The van der Waals surface area contributed by atoms with E-state index in [9.17, 15) is 0 Å². The van der Waals surface area contributed by atoms with Crippen LogP contribution in [-0.2, 0) is 12.8 Å². The summed E-state index contributed by atoms with van der Waals surface area (Å²) in [4.78, 5) is 5.20. The van der Waals surface area contributed by atoms with Crippen molar-refractivity contribution < 1.29 is 4.74 Å². The van der Waals surface area contributed by atoms with Crippen LogP contribution in [0.5, 0.6) is 11.5 Å². The molecular formula is C46H41N5O. The molecule has 6 nitrogen and oxygen atoms in total. The maximum Gasteiger partial charge on any atom is 0.142 e. The van der Waals surface area contributed by atoms with Crippen LogP contribution in [0.1, 0.15) is 47.5 Å². The van der Waals surface area contributed by atoms with E-state index in [0.29, 0.717) is 0 Å². The third-order valence-corrected chi connectivity index (χ3v) is 10.6. The number of hydrogen-bond donors (Lipinski definition) is 0. The summed E-state index contributed by atoms with van der Waals surface area (Å²) in [6.45, 7) is 13.0. The fourth-order valence-corrected chi connectivity index (χ4v) is 8.29. The number of hydrogen-bond acceptors (Lipinski definition) is 3. The van der Waals surface area contributed by atoms with Crippen molar-refractivity contribution in [3.8, 4) is 28.7 Å². The van der Waals surface area contributed by atoms with Crippen LogP contribution in [-0.4, -0.2) is 23.9 Å². The van der Waals surface area contributed by atoms with Gasteiger partial charge in [-0.1, -0.05) is 74.5 Å². The van der Waals surface area contributed by atoms with Gasteiger partial charge in [0.1, 0.15) is 17.3 Å². The van der Waals surface area contributed by atoms with Crippen LogP contribution >= 0.6 is 0 Å². The van der Waals surface area contributed by atoms with Crippen LogP contribution in [0.3, 0.4) is 0 Å². The molecule has 0 aliphatic carbocycles. The molecule has 0 saturated heterocycles. The maximum atomic E-state index is 6.58. The van der Waals surface area contributed by atoms with Gasteiger partial charge in [-0.25, -0.2) is 9.67 Å². The lowest BCUT2D eigenvalue weighted by Gasteiger charge is -2.20. The van der Waals surface area contributed by atoms with Crippen molar-refractivity contribution in [1.82, 2.24) is 23.9 Å². The molecule has 9 rings (SSSR count). The number of pyridine rings is 1. The molecule has 0 saturated carbocycles. The molecule has 0 N–H and O–H groups in total. The summed E-state index contributed by atoms with van der Waals surface area (Å²) < 4.78 is 13.4. The Morgan fingerprint density at radius 3 is 1.94 bits per heavy atom. The molecule has 5 aromatic carbocycles. The van der Waals surface area contributed by atoms with E-state index in [1.165, 1.54) is 44.0 Å². The highest BCUT2D eigenvalue weighted by Gasteiger charge is 2.23. The Bertz CT molecular complexity index is 2790. The fourth-order valence-electron chi connectivity index (χ4n) is 8.29. The average Bonchev–Trinajstić information content (AvgIpc) is 3.80. The molecule has 0 aliphatic rings. The number of benzene rings is 5. The number of nitrogens with zero attached hydrogens (tertiary/aromatic N) is 5. The van der Waals surface area contributed by atoms with E-state index >= 15 is 0 Å². The van der Waals surface area contributed by atoms with Crippen LogP contribution in [0.25, 0.3) is 60.8 Å². The monoisotopic (exact) mass is 679 g/mol. The van der Waals surface area contributed by atoms with Gasteiger partial charge in [0.2, 0.25) is 0 Å². The van der Waals surface area contributed by atoms with Gasteiger partial charge in [-0.15, -0.1) is 0 Å². The molecule has 0 atom stereocenters. The van der Waals surface area contributed by atoms with Crippen molar-refractivity contribution in [1.29, 1.82) is 0 Å². The molecule has 0 bridgehead atoms. The van der Waals surface area contributed by atoms with Crippen molar-refractivity contribution in [3.63, 3.8) is 0 Å². The summed E-state index contributed by atoms with van der Waals surface area (Å²) in [5.74, 6) is 2.42. The van der Waals surface area contributed by atoms with Crippen LogP contribution in [0.2, 0.25) is 0 Å². The van der Waals surface area contributed by atoms with E-state index in [-0.39, 0.29) is 0 Å². The van der Waals surface area contributed by atoms with Crippen molar-refractivity contribution in [2.24, 2.45) is 0 Å². The van der Waals surface area contributed by atoms with Crippen LogP contribution < -0.4 is 4.74 Å². The largest absolute Gasteiger partial charge is 0.457 e. The van der Waals surface area contributed by atoms with Crippen molar-refractivity contribution in [2.75, 3.05) is 0 Å². The fraction of sp³-hybridized carbons (Fsp3) is 0.174. The first kappa shape index (κ1) is 31.8. The first-order valence-corrected chi connectivity index (χ1v) is 18.2. The highest BCUT2D eigenvalue weighted by molar-refractivity contribution is 6.12. The van der Waals surface area contributed by atoms with E-state index in [1.54, 1.807) is 0 Å². The van der Waals surface area contributed by atoms with Gasteiger partial charge in [-0.2, -0.15) is 5.10 Å². The first-order valence-electron chi connectivity index (χ1n) is 18.2. The predicted molar refractivity (Wildman–Crippen MR) is 214 cm³/mol. The molecule has 0 fully saturated rings. The summed E-state index contributed by atoms with van der Waals surface area (Å²) in [7, 11) is 0. The van der Waals surface area contributed by atoms with Crippen LogP contribution in [0.15, 0.2) is 115 Å². The van der Waals surface area contributed by atoms with Crippen LogP contribution in [0.4, 0.5) is 0 Å². The second-order valence-corrected chi connectivity index (χ2v) is 13.9. The number of fused-ring (bicyclic) bond motifs is 6. The minimum atomic E-state index is 0.754. The summed E-state index contributed by atoms with van der Waals surface area (Å²) in [5.41, 5.74) is 13.9. The lowest BCUT2D eigenvalue weighted by Crippen LogP contribution is -2.09.